The van der Waals surface area contributed by atoms with Gasteiger partial charge < -0.3 is 9.84 Å². The van der Waals surface area contributed by atoms with Gasteiger partial charge in [-0.2, -0.15) is 0 Å². The zero-order chi connectivity index (χ0) is 14.0. The van der Waals surface area contributed by atoms with Gasteiger partial charge in [-0.3, -0.25) is 0 Å². The number of nitrogens with zero attached hydrogens (tertiary/aromatic N) is 2. The van der Waals surface area contributed by atoms with Crippen LogP contribution in [0.3, 0.4) is 0 Å². The lowest BCUT2D eigenvalue weighted by Crippen LogP contribution is -2.03. The van der Waals surface area contributed by atoms with Gasteiger partial charge in [-0.25, -0.2) is 4.79 Å². The summed E-state index contributed by atoms with van der Waals surface area (Å²) >= 11 is 0. The molecule has 0 saturated heterocycles. The molecule has 1 N–H and O–H groups in total. The van der Waals surface area contributed by atoms with E-state index in [1.165, 1.54) is 12.1 Å². The highest BCUT2D eigenvalue weighted by atomic mass is 16.5. The van der Waals surface area contributed by atoms with E-state index in [0.717, 1.165) is 22.4 Å². The van der Waals surface area contributed by atoms with E-state index in [1.54, 1.807) is 0 Å². The number of rotatable bonds is 3. The molecule has 5 heteroatoms. The van der Waals surface area contributed by atoms with Crippen molar-refractivity contribution in [3.8, 4) is 11.6 Å². The number of carboxylic acids is 1. The molecule has 5 nitrogen and oxygen atoms in total. The number of carboxylic acid groups (broad SMARTS) is 1. The molecule has 0 atom stereocenters. The fourth-order valence-electron chi connectivity index (χ4n) is 1.68. The lowest BCUT2D eigenvalue weighted by molar-refractivity contribution is 0.0689. The normalized spacial score (nSPS) is 10.3. The second-order valence-electron chi connectivity index (χ2n) is 4.32. The number of ether oxygens (including phenoxy) is 1. The van der Waals surface area contributed by atoms with Crippen LogP contribution in [0.5, 0.6) is 11.6 Å². The van der Waals surface area contributed by atoms with Crippen molar-refractivity contribution in [2.24, 2.45) is 0 Å². The number of aromatic nitrogens is 2. The van der Waals surface area contributed by atoms with E-state index in [4.69, 9.17) is 9.84 Å². The first-order valence-corrected chi connectivity index (χ1v) is 5.80. The van der Waals surface area contributed by atoms with Crippen LogP contribution in [0.4, 0.5) is 0 Å². The standard InChI is InChI=1S/C14H14N2O3/c1-8-4-5-9(2)13(10(8)3)19-12-7-6-11(14(17)18)15-16-12/h4-7H,1-3H3,(H,17,18). The summed E-state index contributed by atoms with van der Waals surface area (Å²) in [6, 6.07) is 6.86. The molecular formula is C14H14N2O3. The Morgan fingerprint density at radius 3 is 2.32 bits per heavy atom. The van der Waals surface area contributed by atoms with Crippen LogP contribution in [0.25, 0.3) is 0 Å². The molecule has 1 aromatic heterocycles. The first-order valence-electron chi connectivity index (χ1n) is 5.80. The summed E-state index contributed by atoms with van der Waals surface area (Å²) in [6.45, 7) is 5.92. The van der Waals surface area contributed by atoms with Gasteiger partial charge >= 0.3 is 5.97 Å². The number of aryl methyl sites for hydroxylation is 2. The Balaban J connectivity index is 2.31. The monoisotopic (exact) mass is 258 g/mol. The van der Waals surface area contributed by atoms with Crippen molar-refractivity contribution < 1.29 is 14.6 Å². The number of aromatic carboxylic acids is 1. The van der Waals surface area contributed by atoms with Crippen LogP contribution in [-0.4, -0.2) is 21.3 Å². The SMILES string of the molecule is Cc1ccc(C)c(Oc2ccc(C(=O)O)nn2)c1C. The first kappa shape index (κ1) is 13.0. The second kappa shape index (κ2) is 5.06. The lowest BCUT2D eigenvalue weighted by Gasteiger charge is -2.12. The van der Waals surface area contributed by atoms with Crippen LogP contribution in [0.1, 0.15) is 27.2 Å². The Morgan fingerprint density at radius 1 is 1.05 bits per heavy atom. The van der Waals surface area contributed by atoms with E-state index in [2.05, 4.69) is 10.2 Å². The van der Waals surface area contributed by atoms with E-state index in [1.807, 2.05) is 32.9 Å². The van der Waals surface area contributed by atoms with Gasteiger partial charge in [-0.15, -0.1) is 10.2 Å². The third-order valence-corrected chi connectivity index (χ3v) is 2.94. The highest BCUT2D eigenvalue weighted by Gasteiger charge is 2.10. The van der Waals surface area contributed by atoms with Crippen LogP contribution in [0.2, 0.25) is 0 Å². The molecule has 98 valence electrons. The molecule has 2 aromatic rings. The second-order valence-corrected chi connectivity index (χ2v) is 4.32. The minimum Gasteiger partial charge on any atom is -0.476 e. The van der Waals surface area contributed by atoms with Gasteiger partial charge in [0.05, 0.1) is 0 Å². The largest absolute Gasteiger partial charge is 0.476 e. The zero-order valence-electron chi connectivity index (χ0n) is 11.0. The predicted molar refractivity (Wildman–Crippen MR) is 69.7 cm³/mol. The summed E-state index contributed by atoms with van der Waals surface area (Å²) in [6.07, 6.45) is 0. The van der Waals surface area contributed by atoms with Gasteiger partial charge in [-0.1, -0.05) is 12.1 Å². The average Bonchev–Trinajstić information content (AvgIpc) is 2.40. The van der Waals surface area contributed by atoms with Gasteiger partial charge in [0.1, 0.15) is 5.75 Å². The summed E-state index contributed by atoms with van der Waals surface area (Å²) in [5.41, 5.74) is 3.04. The Labute approximate surface area is 110 Å². The third kappa shape index (κ3) is 2.70. The average molecular weight is 258 g/mol. The van der Waals surface area contributed by atoms with Crippen molar-refractivity contribution in [1.29, 1.82) is 0 Å². The van der Waals surface area contributed by atoms with Crippen LogP contribution in [0, 0.1) is 20.8 Å². The van der Waals surface area contributed by atoms with Crippen molar-refractivity contribution in [3.05, 3.63) is 46.6 Å². The first-order chi connectivity index (χ1) is 8.99. The number of hydrogen-bond donors (Lipinski definition) is 1. The van der Waals surface area contributed by atoms with Crippen molar-refractivity contribution in [2.45, 2.75) is 20.8 Å². The summed E-state index contributed by atoms with van der Waals surface area (Å²) in [7, 11) is 0. The molecule has 0 bridgehead atoms. The van der Waals surface area contributed by atoms with E-state index >= 15 is 0 Å². The van der Waals surface area contributed by atoms with Crippen LogP contribution in [0.15, 0.2) is 24.3 Å². The van der Waals surface area contributed by atoms with E-state index in [0.29, 0.717) is 0 Å². The molecule has 0 aliphatic heterocycles. The summed E-state index contributed by atoms with van der Waals surface area (Å²) in [5.74, 6) is -0.0962. The fraction of sp³-hybridized carbons (Fsp3) is 0.214. The predicted octanol–water partition coefficient (Wildman–Crippen LogP) is 2.89. The molecule has 1 heterocycles. The number of hydrogen-bond acceptors (Lipinski definition) is 4. The van der Waals surface area contributed by atoms with E-state index in [-0.39, 0.29) is 11.6 Å². The van der Waals surface area contributed by atoms with Gasteiger partial charge in [0.15, 0.2) is 5.69 Å². The lowest BCUT2D eigenvalue weighted by atomic mass is 10.1. The minimum atomic E-state index is -1.11. The van der Waals surface area contributed by atoms with Gasteiger partial charge in [-0.05, 0) is 43.5 Å². The minimum absolute atomic E-state index is 0.106. The van der Waals surface area contributed by atoms with Crippen molar-refractivity contribution in [2.75, 3.05) is 0 Å². The van der Waals surface area contributed by atoms with Crippen LogP contribution in [-0.2, 0) is 0 Å². The molecule has 0 aliphatic rings. The Kier molecular flexibility index (Phi) is 3.46. The molecule has 0 aliphatic carbocycles. The Morgan fingerprint density at radius 2 is 1.74 bits per heavy atom. The maximum Gasteiger partial charge on any atom is 0.356 e. The summed E-state index contributed by atoms with van der Waals surface area (Å²) in [5, 5.41) is 16.1. The molecule has 0 spiro atoms. The topological polar surface area (TPSA) is 72.3 Å². The molecule has 0 unspecified atom stereocenters. The highest BCUT2D eigenvalue weighted by molar-refractivity contribution is 5.84. The molecular weight excluding hydrogens is 244 g/mol. The quantitative estimate of drug-likeness (QED) is 0.916. The maximum atomic E-state index is 10.7. The zero-order valence-corrected chi connectivity index (χ0v) is 11.0. The smallest absolute Gasteiger partial charge is 0.356 e. The Hall–Kier alpha value is -2.43. The molecule has 0 saturated carbocycles. The molecule has 0 radical (unpaired) electrons. The van der Waals surface area contributed by atoms with Gasteiger partial charge in [0.25, 0.3) is 0 Å². The fourth-order valence-corrected chi connectivity index (χ4v) is 1.68. The van der Waals surface area contributed by atoms with E-state index < -0.39 is 5.97 Å². The van der Waals surface area contributed by atoms with Gasteiger partial charge in [0, 0.05) is 6.07 Å². The van der Waals surface area contributed by atoms with Crippen molar-refractivity contribution in [3.63, 3.8) is 0 Å². The third-order valence-electron chi connectivity index (χ3n) is 2.94. The molecule has 0 amide bonds. The molecule has 19 heavy (non-hydrogen) atoms. The summed E-state index contributed by atoms with van der Waals surface area (Å²) in [4.78, 5) is 10.7. The molecule has 2 rings (SSSR count). The summed E-state index contributed by atoms with van der Waals surface area (Å²) < 4.78 is 5.69. The van der Waals surface area contributed by atoms with Crippen LogP contribution >= 0.6 is 0 Å². The number of benzene rings is 1. The van der Waals surface area contributed by atoms with Crippen molar-refractivity contribution >= 4 is 5.97 Å². The van der Waals surface area contributed by atoms with Gasteiger partial charge in [0.2, 0.25) is 5.88 Å². The maximum absolute atomic E-state index is 10.7. The van der Waals surface area contributed by atoms with E-state index in [9.17, 15) is 4.79 Å². The van der Waals surface area contributed by atoms with Crippen LogP contribution < -0.4 is 4.74 Å². The number of carbonyl (C=O) groups is 1. The Bertz CT molecular complexity index is 621. The van der Waals surface area contributed by atoms with Crippen molar-refractivity contribution in [1.82, 2.24) is 10.2 Å². The molecule has 1 aromatic carbocycles. The molecule has 0 fully saturated rings. The highest BCUT2D eigenvalue weighted by Crippen LogP contribution is 2.29.